The van der Waals surface area contributed by atoms with Gasteiger partial charge in [0.15, 0.2) is 0 Å². The van der Waals surface area contributed by atoms with Crippen LogP contribution < -0.4 is 0 Å². The van der Waals surface area contributed by atoms with Gasteiger partial charge in [-0.2, -0.15) is 0 Å². The van der Waals surface area contributed by atoms with Crippen molar-refractivity contribution in [2.45, 2.75) is 233 Å². The number of carbonyl (C=O) groups is 1. The molecule has 0 heterocycles. The van der Waals surface area contributed by atoms with E-state index < -0.39 is 5.38 Å². The Morgan fingerprint density at radius 1 is 0.740 bits per heavy atom. The highest BCUT2D eigenvalue weighted by molar-refractivity contribution is 6.29. The molecule has 0 amide bonds. The van der Waals surface area contributed by atoms with Crippen LogP contribution in [-0.4, -0.2) is 17.5 Å². The lowest BCUT2D eigenvalue weighted by atomic mass is 9.47. The summed E-state index contributed by atoms with van der Waals surface area (Å²) in [5.74, 6) is 5.00. The Morgan fingerprint density at radius 3 is 1.94 bits per heavy atom. The minimum atomic E-state index is -0.487. The molecule has 4 aliphatic rings. The third-order valence-corrected chi connectivity index (χ3v) is 15.5. The summed E-state index contributed by atoms with van der Waals surface area (Å²) in [6.45, 7) is 14.9. The Balaban J connectivity index is 1.09. The number of fused-ring (bicyclic) bond motifs is 5. The van der Waals surface area contributed by atoms with Crippen LogP contribution >= 0.6 is 11.6 Å². The van der Waals surface area contributed by atoms with Gasteiger partial charge in [0.1, 0.15) is 11.5 Å². The van der Waals surface area contributed by atoms with Gasteiger partial charge in [-0.05, 0) is 97.7 Å². The number of carbonyl (C=O) groups excluding carboxylic acids is 1. The standard InChI is InChI=1S/C47H83ClO2/c1-7-8-9-10-11-12-13-14-15-16-17-18-19-20-21-22-26-44(48)45(49)50-39-31-33-46(5)38(35-39)27-28-40-42-30-29-41(37(4)25-23-24-36(2)3)47(42,6)34-32-43(40)46/h27,36-37,39-44H,7-26,28-35H2,1-6H3/t37-,39+,40+,41-,42+,43+,44?,46+,47-/m1/s1. The minimum absolute atomic E-state index is 0.0156. The molecule has 0 aromatic carbocycles. The van der Waals surface area contributed by atoms with Gasteiger partial charge in [-0.3, -0.25) is 4.79 Å². The first kappa shape index (κ1) is 42.2. The van der Waals surface area contributed by atoms with Crippen LogP contribution in [0.3, 0.4) is 0 Å². The van der Waals surface area contributed by atoms with E-state index in [0.29, 0.717) is 10.8 Å². The summed E-state index contributed by atoms with van der Waals surface area (Å²) in [5, 5.41) is -0.487. The largest absolute Gasteiger partial charge is 0.461 e. The molecular formula is C47H83ClO2. The van der Waals surface area contributed by atoms with Gasteiger partial charge >= 0.3 is 5.97 Å². The summed E-state index contributed by atoms with van der Waals surface area (Å²) in [7, 11) is 0. The van der Waals surface area contributed by atoms with E-state index in [1.165, 1.54) is 154 Å². The summed E-state index contributed by atoms with van der Waals surface area (Å²) < 4.78 is 6.12. The Bertz CT molecular complexity index is 1000. The van der Waals surface area contributed by atoms with Gasteiger partial charge < -0.3 is 4.74 Å². The lowest BCUT2D eigenvalue weighted by Crippen LogP contribution is -2.51. The van der Waals surface area contributed by atoms with Crippen LogP contribution in [0.2, 0.25) is 0 Å². The van der Waals surface area contributed by atoms with E-state index in [2.05, 4.69) is 47.6 Å². The molecule has 0 bridgehead atoms. The zero-order valence-corrected chi connectivity index (χ0v) is 34.9. The highest BCUT2D eigenvalue weighted by Gasteiger charge is 2.59. The molecule has 3 fully saturated rings. The van der Waals surface area contributed by atoms with Crippen LogP contribution in [0.5, 0.6) is 0 Å². The number of hydrogen-bond donors (Lipinski definition) is 0. The van der Waals surface area contributed by atoms with Gasteiger partial charge in [-0.1, -0.05) is 175 Å². The molecule has 0 N–H and O–H groups in total. The Labute approximate surface area is 316 Å². The summed E-state index contributed by atoms with van der Waals surface area (Å²) >= 11 is 6.62. The van der Waals surface area contributed by atoms with E-state index in [0.717, 1.165) is 61.2 Å². The SMILES string of the molecule is CCCCCCCCCCCCCCCCCCC(Cl)C(=O)O[C@H]1CC[C@@]2(C)C(=CC[C@H]3[C@@H]4CC[C@H]([C@H](C)CCCC(C)C)[C@@]4(C)CC[C@@H]32)C1. The van der Waals surface area contributed by atoms with Crippen molar-refractivity contribution in [3.8, 4) is 0 Å². The average Bonchev–Trinajstić information content (AvgIpc) is 3.45. The average molecular weight is 716 g/mol. The number of hydrogen-bond acceptors (Lipinski definition) is 2. The number of ether oxygens (including phenoxy) is 1. The number of alkyl halides is 1. The molecule has 0 aromatic rings. The lowest BCUT2D eigenvalue weighted by molar-refractivity contribution is -0.151. The second-order valence-electron chi connectivity index (χ2n) is 19.2. The zero-order valence-electron chi connectivity index (χ0n) is 34.2. The van der Waals surface area contributed by atoms with Gasteiger partial charge in [-0.25, -0.2) is 0 Å². The van der Waals surface area contributed by atoms with Crippen LogP contribution in [0.15, 0.2) is 11.6 Å². The van der Waals surface area contributed by atoms with Crippen molar-refractivity contribution in [3.05, 3.63) is 11.6 Å². The smallest absolute Gasteiger partial charge is 0.324 e. The Hall–Kier alpha value is -0.500. The van der Waals surface area contributed by atoms with Crippen molar-refractivity contribution in [2.75, 3.05) is 0 Å². The second-order valence-corrected chi connectivity index (χ2v) is 19.7. The molecule has 4 rings (SSSR count). The van der Waals surface area contributed by atoms with Gasteiger partial charge in [0.2, 0.25) is 0 Å². The monoisotopic (exact) mass is 715 g/mol. The van der Waals surface area contributed by atoms with E-state index >= 15 is 0 Å². The molecule has 3 heteroatoms. The summed E-state index contributed by atoms with van der Waals surface area (Å²) in [5.41, 5.74) is 2.43. The van der Waals surface area contributed by atoms with Crippen molar-refractivity contribution in [2.24, 2.45) is 46.3 Å². The fraction of sp³-hybridized carbons (Fsp3) is 0.936. The number of halogens is 1. The van der Waals surface area contributed by atoms with E-state index in [4.69, 9.17) is 16.3 Å². The molecule has 9 atom stereocenters. The quantitative estimate of drug-likeness (QED) is 0.0430. The molecular weight excluding hydrogens is 632 g/mol. The van der Waals surface area contributed by atoms with Crippen molar-refractivity contribution in [1.29, 1.82) is 0 Å². The molecule has 3 saturated carbocycles. The van der Waals surface area contributed by atoms with Crippen molar-refractivity contribution in [1.82, 2.24) is 0 Å². The normalized spacial score (nSPS) is 31.8. The molecule has 50 heavy (non-hydrogen) atoms. The summed E-state index contributed by atoms with van der Waals surface area (Å²) in [4.78, 5) is 13.0. The van der Waals surface area contributed by atoms with Gasteiger partial charge in [0.25, 0.3) is 0 Å². The van der Waals surface area contributed by atoms with E-state index in [9.17, 15) is 4.79 Å². The molecule has 0 aromatic heterocycles. The number of unbranched alkanes of at least 4 members (excludes halogenated alkanes) is 15. The molecule has 290 valence electrons. The van der Waals surface area contributed by atoms with Crippen molar-refractivity contribution in [3.63, 3.8) is 0 Å². The topological polar surface area (TPSA) is 26.3 Å². The molecule has 0 saturated heterocycles. The summed E-state index contributed by atoms with van der Waals surface area (Å²) in [6, 6.07) is 0. The first-order valence-electron chi connectivity index (χ1n) is 22.6. The van der Waals surface area contributed by atoms with Gasteiger partial charge in [0, 0.05) is 6.42 Å². The van der Waals surface area contributed by atoms with Crippen molar-refractivity contribution >= 4 is 17.6 Å². The minimum Gasteiger partial charge on any atom is -0.461 e. The zero-order chi connectivity index (χ0) is 36.0. The highest BCUT2D eigenvalue weighted by atomic mass is 35.5. The first-order chi connectivity index (χ1) is 24.1. The molecule has 4 aliphatic carbocycles. The van der Waals surface area contributed by atoms with Crippen LogP contribution in [0.1, 0.15) is 221 Å². The molecule has 0 spiro atoms. The highest BCUT2D eigenvalue weighted by Crippen LogP contribution is 2.67. The van der Waals surface area contributed by atoms with Crippen LogP contribution in [-0.2, 0) is 9.53 Å². The van der Waals surface area contributed by atoms with Crippen molar-refractivity contribution < 1.29 is 9.53 Å². The van der Waals surface area contributed by atoms with Crippen LogP contribution in [0, 0.1) is 46.3 Å². The summed E-state index contributed by atoms with van der Waals surface area (Å²) in [6.07, 6.45) is 39.5. The maximum absolute atomic E-state index is 13.0. The lowest BCUT2D eigenvalue weighted by Gasteiger charge is -2.58. The van der Waals surface area contributed by atoms with E-state index in [1.54, 1.807) is 5.57 Å². The number of rotatable bonds is 24. The fourth-order valence-electron chi connectivity index (χ4n) is 12.0. The maximum atomic E-state index is 13.0. The third kappa shape index (κ3) is 11.7. The molecule has 0 radical (unpaired) electrons. The fourth-order valence-corrected chi connectivity index (χ4v) is 12.2. The van der Waals surface area contributed by atoms with Crippen LogP contribution in [0.4, 0.5) is 0 Å². The van der Waals surface area contributed by atoms with E-state index in [-0.39, 0.29) is 12.1 Å². The Morgan fingerprint density at radius 2 is 1.34 bits per heavy atom. The second kappa shape index (κ2) is 21.4. The number of allylic oxidation sites excluding steroid dienone is 1. The van der Waals surface area contributed by atoms with E-state index in [1.807, 2.05) is 0 Å². The van der Waals surface area contributed by atoms with Crippen LogP contribution in [0.25, 0.3) is 0 Å². The molecule has 2 nitrogen and oxygen atoms in total. The Kier molecular flexibility index (Phi) is 18.1. The molecule has 0 aliphatic heterocycles. The predicted molar refractivity (Wildman–Crippen MR) is 217 cm³/mol. The molecule has 1 unspecified atom stereocenters. The van der Waals surface area contributed by atoms with Gasteiger partial charge in [0.05, 0.1) is 0 Å². The first-order valence-corrected chi connectivity index (χ1v) is 23.1. The number of esters is 1. The predicted octanol–water partition coefficient (Wildman–Crippen LogP) is 15.2. The third-order valence-electron chi connectivity index (χ3n) is 15.1. The van der Waals surface area contributed by atoms with Gasteiger partial charge in [-0.15, -0.1) is 11.6 Å². The maximum Gasteiger partial charge on any atom is 0.324 e.